The van der Waals surface area contributed by atoms with Gasteiger partial charge in [0.1, 0.15) is 23.7 Å². The number of β-amino-alcohol motifs (C(OH)–C–C–N with tert-alkyl or cyclic N) is 2. The summed E-state index contributed by atoms with van der Waals surface area (Å²) >= 11 is 0. The van der Waals surface area contributed by atoms with Crippen LogP contribution in [0.15, 0.2) is 48.5 Å². The number of nitrogens with zero attached hydrogens (tertiary/aromatic N) is 3. The number of rotatable bonds is 7. The maximum absolute atomic E-state index is 12.2. The van der Waals surface area contributed by atoms with Crippen LogP contribution in [0.1, 0.15) is 25.3 Å². The zero-order valence-corrected chi connectivity index (χ0v) is 21.7. The third-order valence-electron chi connectivity index (χ3n) is 7.31. The molecule has 2 aromatic rings. The van der Waals surface area contributed by atoms with Gasteiger partial charge in [-0.1, -0.05) is 17.7 Å². The summed E-state index contributed by atoms with van der Waals surface area (Å²) in [4.78, 5) is 18.3. The lowest BCUT2D eigenvalue weighted by Gasteiger charge is -2.42. The van der Waals surface area contributed by atoms with E-state index < -0.39 is 11.2 Å². The van der Waals surface area contributed by atoms with Gasteiger partial charge in [0.25, 0.3) is 0 Å². The first-order valence-electron chi connectivity index (χ1n) is 12.7. The second-order valence-corrected chi connectivity index (χ2v) is 10.4. The summed E-state index contributed by atoms with van der Waals surface area (Å²) in [6.07, 6.45) is 1.26. The predicted molar refractivity (Wildman–Crippen MR) is 140 cm³/mol. The fourth-order valence-electron chi connectivity index (χ4n) is 5.14. The molecule has 4 rings (SSSR count). The molecule has 1 amide bonds. The van der Waals surface area contributed by atoms with E-state index in [0.29, 0.717) is 44.8 Å². The number of hydrogen-bond acceptors (Lipinski definition) is 7. The van der Waals surface area contributed by atoms with E-state index >= 15 is 0 Å². The van der Waals surface area contributed by atoms with E-state index in [2.05, 4.69) is 9.80 Å². The van der Waals surface area contributed by atoms with Gasteiger partial charge in [0, 0.05) is 51.9 Å². The number of benzene rings is 2. The maximum atomic E-state index is 12.2. The van der Waals surface area contributed by atoms with Gasteiger partial charge in [0.15, 0.2) is 0 Å². The van der Waals surface area contributed by atoms with Crippen LogP contribution in [0.2, 0.25) is 0 Å². The van der Waals surface area contributed by atoms with Crippen molar-refractivity contribution in [1.29, 1.82) is 0 Å². The summed E-state index contributed by atoms with van der Waals surface area (Å²) in [6, 6.07) is 15.7. The van der Waals surface area contributed by atoms with E-state index in [-0.39, 0.29) is 19.1 Å². The molecule has 2 fully saturated rings. The number of carbonyl (C=O) groups is 1. The Labute approximate surface area is 214 Å². The van der Waals surface area contributed by atoms with Crippen molar-refractivity contribution < 1.29 is 24.5 Å². The van der Waals surface area contributed by atoms with Gasteiger partial charge in [-0.15, -0.1) is 0 Å². The minimum absolute atomic E-state index is 0.0695. The number of hydrogen-bond donors (Lipinski definition) is 2. The number of aliphatic hydroxyl groups is 2. The molecule has 0 radical (unpaired) electrons. The summed E-state index contributed by atoms with van der Waals surface area (Å²) in [5.41, 5.74) is 0.156. The Hall–Kier alpha value is -2.81. The maximum Gasteiger partial charge on any atom is 0.219 e. The molecule has 8 nitrogen and oxygen atoms in total. The lowest BCUT2D eigenvalue weighted by Crippen LogP contribution is -2.55. The van der Waals surface area contributed by atoms with Crippen LogP contribution in [0, 0.1) is 6.92 Å². The Morgan fingerprint density at radius 3 is 2.14 bits per heavy atom. The minimum Gasteiger partial charge on any atom is -0.497 e. The SMILES string of the molecule is COc1ccc(N2CCC(O)(CN3CCN(C(C)=O)C[C@](O)(COc4ccc(C)cc4)C3)CC2)cc1. The molecule has 8 heteroatoms. The van der Waals surface area contributed by atoms with Crippen LogP contribution in [-0.2, 0) is 4.79 Å². The summed E-state index contributed by atoms with van der Waals surface area (Å²) in [7, 11) is 1.66. The smallest absolute Gasteiger partial charge is 0.219 e. The average Bonchev–Trinajstić information content (AvgIpc) is 3.03. The highest BCUT2D eigenvalue weighted by molar-refractivity contribution is 5.73. The van der Waals surface area contributed by atoms with Crippen LogP contribution in [0.3, 0.4) is 0 Å². The number of ether oxygens (including phenoxy) is 2. The molecule has 196 valence electrons. The Morgan fingerprint density at radius 1 is 0.889 bits per heavy atom. The second kappa shape index (κ2) is 11.1. The van der Waals surface area contributed by atoms with Crippen LogP contribution in [-0.4, -0.2) is 96.7 Å². The highest BCUT2D eigenvalue weighted by Gasteiger charge is 2.40. The van der Waals surface area contributed by atoms with E-state index in [1.54, 1.807) is 12.0 Å². The fraction of sp³-hybridized carbons (Fsp3) is 0.536. The highest BCUT2D eigenvalue weighted by Crippen LogP contribution is 2.29. The Balaban J connectivity index is 1.39. The summed E-state index contributed by atoms with van der Waals surface area (Å²) in [5.74, 6) is 1.44. The van der Waals surface area contributed by atoms with Crippen molar-refractivity contribution >= 4 is 11.6 Å². The molecule has 0 aliphatic carbocycles. The summed E-state index contributed by atoms with van der Waals surface area (Å²) in [6.45, 7) is 7.18. The first-order valence-corrected chi connectivity index (χ1v) is 12.7. The number of anilines is 1. The molecule has 2 aliphatic rings. The van der Waals surface area contributed by atoms with Gasteiger partial charge in [-0.2, -0.15) is 0 Å². The van der Waals surface area contributed by atoms with Crippen LogP contribution < -0.4 is 14.4 Å². The number of piperidine rings is 1. The largest absolute Gasteiger partial charge is 0.497 e. The summed E-state index contributed by atoms with van der Waals surface area (Å²) < 4.78 is 11.2. The zero-order chi connectivity index (χ0) is 25.8. The van der Waals surface area contributed by atoms with Crippen LogP contribution >= 0.6 is 0 Å². The molecular weight excluding hydrogens is 458 g/mol. The van der Waals surface area contributed by atoms with Gasteiger partial charge in [-0.3, -0.25) is 9.69 Å². The second-order valence-electron chi connectivity index (χ2n) is 10.4. The third kappa shape index (κ3) is 6.69. The number of carbonyl (C=O) groups excluding carboxylic acids is 1. The first-order chi connectivity index (χ1) is 17.2. The van der Waals surface area contributed by atoms with Gasteiger partial charge in [-0.25, -0.2) is 0 Å². The molecule has 0 saturated carbocycles. The number of aryl methyl sites for hydroxylation is 1. The van der Waals surface area contributed by atoms with Crippen molar-refractivity contribution in [3.63, 3.8) is 0 Å². The van der Waals surface area contributed by atoms with Crippen molar-refractivity contribution in [3.8, 4) is 11.5 Å². The van der Waals surface area contributed by atoms with Crippen LogP contribution in [0.5, 0.6) is 11.5 Å². The van der Waals surface area contributed by atoms with Gasteiger partial charge in [0.05, 0.1) is 19.3 Å². The summed E-state index contributed by atoms with van der Waals surface area (Å²) in [5, 5.41) is 23.0. The molecule has 1 atom stereocenters. The third-order valence-corrected chi connectivity index (χ3v) is 7.31. The van der Waals surface area contributed by atoms with Crippen LogP contribution in [0.25, 0.3) is 0 Å². The standard InChI is InChI=1S/C28H39N3O5/c1-22-4-8-26(9-5-22)36-21-28(34)19-29(16-17-31(20-28)23(2)32)18-27(33)12-14-30(15-13-27)24-6-10-25(35-3)11-7-24/h4-11,33-34H,12-21H2,1-3H3/t28-/m0/s1. The molecule has 0 bridgehead atoms. The topological polar surface area (TPSA) is 85.7 Å². The van der Waals surface area contributed by atoms with Crippen molar-refractivity contribution in [3.05, 3.63) is 54.1 Å². The molecule has 2 heterocycles. The van der Waals surface area contributed by atoms with Crippen molar-refractivity contribution in [1.82, 2.24) is 9.80 Å². The molecule has 2 saturated heterocycles. The predicted octanol–water partition coefficient (Wildman–Crippen LogP) is 2.31. The van der Waals surface area contributed by atoms with E-state index in [9.17, 15) is 15.0 Å². The molecule has 2 aliphatic heterocycles. The average molecular weight is 498 g/mol. The Morgan fingerprint density at radius 2 is 1.53 bits per heavy atom. The molecule has 2 N–H and O–H groups in total. The molecule has 36 heavy (non-hydrogen) atoms. The van der Waals surface area contributed by atoms with Crippen molar-refractivity contribution in [2.45, 2.75) is 37.9 Å². The zero-order valence-electron chi connectivity index (χ0n) is 21.7. The lowest BCUT2D eigenvalue weighted by molar-refractivity contribution is -0.132. The number of methoxy groups -OCH3 is 1. The van der Waals surface area contributed by atoms with Gasteiger partial charge in [-0.05, 0) is 56.2 Å². The lowest BCUT2D eigenvalue weighted by atomic mass is 9.90. The van der Waals surface area contributed by atoms with E-state index in [4.69, 9.17) is 9.47 Å². The van der Waals surface area contributed by atoms with Gasteiger partial charge in [0.2, 0.25) is 5.91 Å². The molecule has 0 spiro atoms. The molecule has 0 unspecified atom stereocenters. The van der Waals surface area contributed by atoms with E-state index in [0.717, 1.165) is 30.1 Å². The minimum atomic E-state index is -1.24. The fourth-order valence-corrected chi connectivity index (χ4v) is 5.14. The normalized spacial score (nSPS) is 22.7. The van der Waals surface area contributed by atoms with Gasteiger partial charge < -0.3 is 29.5 Å². The molecular formula is C28H39N3O5. The monoisotopic (exact) mass is 497 g/mol. The quantitative estimate of drug-likeness (QED) is 0.607. The molecule has 2 aromatic carbocycles. The first kappa shape index (κ1) is 26.3. The van der Waals surface area contributed by atoms with Crippen molar-refractivity contribution in [2.24, 2.45) is 0 Å². The Bertz CT molecular complexity index is 1000. The van der Waals surface area contributed by atoms with Crippen molar-refractivity contribution in [2.75, 3.05) is 64.4 Å². The van der Waals surface area contributed by atoms with Gasteiger partial charge >= 0.3 is 0 Å². The van der Waals surface area contributed by atoms with E-state index in [1.807, 2.05) is 55.5 Å². The van der Waals surface area contributed by atoms with E-state index in [1.165, 1.54) is 6.92 Å². The highest BCUT2D eigenvalue weighted by atomic mass is 16.5. The van der Waals surface area contributed by atoms with Crippen LogP contribution in [0.4, 0.5) is 5.69 Å². The molecule has 0 aromatic heterocycles. The number of amides is 1. The Kier molecular flexibility index (Phi) is 8.07.